The van der Waals surface area contributed by atoms with Gasteiger partial charge >= 0.3 is 5.97 Å². The van der Waals surface area contributed by atoms with Gasteiger partial charge in [0.25, 0.3) is 0 Å². The van der Waals surface area contributed by atoms with Crippen LogP contribution in [0.15, 0.2) is 11.8 Å². The number of carboxylic acids is 1. The van der Waals surface area contributed by atoms with Crippen LogP contribution in [0.5, 0.6) is 0 Å². The Balaban J connectivity index is 1.65. The number of hydrogen-bond acceptors (Lipinski definition) is 3. The maximum absolute atomic E-state index is 11.3. The molecule has 6 heteroatoms. The standard InChI is InChI=1S/C30H54O4Si2/c1-20(10-13-27(31)32)23-11-12-24-28-25(15-17-30(23,24)3)29(2)16-14-22(33-35(4,5)6)18-21(29)19-26(28)34-36(7,8)9/h19-25,28H,10-18H2,1-9H3,(H,31,32)/t20-,21+,22-,23-,24+,25+,28+,29+,30-/m1/s1. The highest BCUT2D eigenvalue weighted by Gasteiger charge is 2.62. The molecule has 3 fully saturated rings. The second-order valence-electron chi connectivity index (χ2n) is 15.4. The van der Waals surface area contributed by atoms with Crippen molar-refractivity contribution in [3.63, 3.8) is 0 Å². The summed E-state index contributed by atoms with van der Waals surface area (Å²) in [6.07, 6.45) is 12.8. The van der Waals surface area contributed by atoms with Gasteiger partial charge in [-0.1, -0.05) is 20.8 Å². The Bertz CT molecular complexity index is 858. The summed E-state index contributed by atoms with van der Waals surface area (Å²) in [6.45, 7) is 21.5. The first-order valence-corrected chi connectivity index (χ1v) is 21.7. The number of allylic oxidation sites excluding steroid dienone is 2. The molecule has 1 N–H and O–H groups in total. The van der Waals surface area contributed by atoms with E-state index < -0.39 is 22.6 Å². The summed E-state index contributed by atoms with van der Waals surface area (Å²) in [5.41, 5.74) is 0.632. The van der Waals surface area contributed by atoms with Gasteiger partial charge in [-0.25, -0.2) is 0 Å². The molecule has 0 aliphatic heterocycles. The van der Waals surface area contributed by atoms with Gasteiger partial charge in [0.05, 0.1) is 5.76 Å². The lowest BCUT2D eigenvalue weighted by Gasteiger charge is -2.60. The minimum Gasteiger partial charge on any atom is -0.547 e. The van der Waals surface area contributed by atoms with Crippen LogP contribution in [-0.2, 0) is 13.6 Å². The molecule has 4 nitrogen and oxygen atoms in total. The van der Waals surface area contributed by atoms with Gasteiger partial charge in [0.1, 0.15) is 0 Å². The molecule has 0 aromatic carbocycles. The lowest BCUT2D eigenvalue weighted by Crippen LogP contribution is -2.55. The number of hydrogen-bond donors (Lipinski definition) is 1. The topological polar surface area (TPSA) is 55.8 Å². The first-order chi connectivity index (χ1) is 16.5. The Labute approximate surface area is 223 Å². The van der Waals surface area contributed by atoms with E-state index >= 15 is 0 Å². The summed E-state index contributed by atoms with van der Waals surface area (Å²) in [4.78, 5) is 11.3. The number of carbonyl (C=O) groups is 1. The van der Waals surface area contributed by atoms with Crippen LogP contribution < -0.4 is 0 Å². The fourth-order valence-corrected chi connectivity index (χ4v) is 11.3. The molecule has 0 bridgehead atoms. The largest absolute Gasteiger partial charge is 0.547 e. The van der Waals surface area contributed by atoms with Gasteiger partial charge < -0.3 is 14.0 Å². The highest BCUT2D eigenvalue weighted by atomic mass is 28.4. The zero-order valence-electron chi connectivity index (χ0n) is 24.7. The van der Waals surface area contributed by atoms with Gasteiger partial charge in [-0.15, -0.1) is 0 Å². The van der Waals surface area contributed by atoms with Crippen molar-refractivity contribution < 1.29 is 18.8 Å². The molecule has 0 spiro atoms. The second-order valence-corrected chi connectivity index (χ2v) is 24.3. The zero-order chi connectivity index (χ0) is 26.7. The van der Waals surface area contributed by atoms with Crippen LogP contribution in [-0.4, -0.2) is 33.8 Å². The molecule has 206 valence electrons. The SMILES string of the molecule is C[C@H](CCC(=O)O)[C@H]1CC[C@H]2[C@@H]3C(O[Si](C)(C)C)=C[C@@H]4C[C@H](O[Si](C)(C)C)CC[C@]4(C)[C@H]3CC[C@]12C. The summed E-state index contributed by atoms with van der Waals surface area (Å²) in [5.74, 6) is 4.22. The smallest absolute Gasteiger partial charge is 0.303 e. The summed E-state index contributed by atoms with van der Waals surface area (Å²) in [7, 11) is -3.30. The van der Waals surface area contributed by atoms with Gasteiger partial charge in [-0.3, -0.25) is 4.79 Å². The molecule has 0 heterocycles. The maximum atomic E-state index is 11.3. The van der Waals surface area contributed by atoms with Crippen molar-refractivity contribution >= 4 is 22.6 Å². The quantitative estimate of drug-likeness (QED) is 0.318. The van der Waals surface area contributed by atoms with E-state index in [1.807, 2.05) is 0 Å². The van der Waals surface area contributed by atoms with Gasteiger partial charge in [0, 0.05) is 18.4 Å². The van der Waals surface area contributed by atoms with E-state index in [-0.39, 0.29) is 0 Å². The monoisotopic (exact) mass is 534 g/mol. The third-order valence-electron chi connectivity index (χ3n) is 10.7. The van der Waals surface area contributed by atoms with E-state index in [9.17, 15) is 9.90 Å². The zero-order valence-corrected chi connectivity index (χ0v) is 26.7. The summed E-state index contributed by atoms with van der Waals surface area (Å²) < 4.78 is 13.6. The molecule has 9 atom stereocenters. The number of fused-ring (bicyclic) bond motifs is 5. The van der Waals surface area contributed by atoms with Crippen molar-refractivity contribution in [2.24, 2.45) is 46.3 Å². The Hall–Kier alpha value is -0.596. The molecule has 0 amide bonds. The molecule has 36 heavy (non-hydrogen) atoms. The molecular formula is C30H54O4Si2. The Morgan fingerprint density at radius 2 is 1.64 bits per heavy atom. The van der Waals surface area contributed by atoms with Crippen LogP contribution >= 0.6 is 0 Å². The highest BCUT2D eigenvalue weighted by molar-refractivity contribution is 6.70. The van der Waals surface area contributed by atoms with E-state index in [0.29, 0.717) is 58.9 Å². The molecule has 4 rings (SSSR count). The van der Waals surface area contributed by atoms with Crippen LogP contribution in [0.3, 0.4) is 0 Å². The minimum atomic E-state index is -1.75. The van der Waals surface area contributed by atoms with E-state index in [0.717, 1.165) is 12.8 Å². The summed E-state index contributed by atoms with van der Waals surface area (Å²) in [6, 6.07) is 0. The van der Waals surface area contributed by atoms with Crippen LogP contribution in [0.1, 0.15) is 78.6 Å². The molecule has 0 saturated heterocycles. The van der Waals surface area contributed by atoms with Crippen molar-refractivity contribution in [2.45, 2.75) is 124 Å². The van der Waals surface area contributed by atoms with Gasteiger partial charge in [0.2, 0.25) is 8.32 Å². The fourth-order valence-electron chi connectivity index (χ4n) is 9.22. The molecular weight excluding hydrogens is 480 g/mol. The molecule has 0 aromatic rings. The average molecular weight is 535 g/mol. The first kappa shape index (κ1) is 28.4. The number of carboxylic acid groups (broad SMARTS) is 1. The summed E-state index contributed by atoms with van der Waals surface area (Å²) in [5, 5.41) is 9.29. The average Bonchev–Trinajstić information content (AvgIpc) is 3.08. The van der Waals surface area contributed by atoms with Crippen LogP contribution in [0.4, 0.5) is 0 Å². The second kappa shape index (κ2) is 9.86. The van der Waals surface area contributed by atoms with E-state index in [2.05, 4.69) is 66.1 Å². The Morgan fingerprint density at radius 3 is 2.25 bits per heavy atom. The third-order valence-corrected chi connectivity index (χ3v) is 12.6. The Morgan fingerprint density at radius 1 is 1.00 bits per heavy atom. The van der Waals surface area contributed by atoms with E-state index in [4.69, 9.17) is 8.85 Å². The van der Waals surface area contributed by atoms with Crippen molar-refractivity contribution in [2.75, 3.05) is 0 Å². The molecule has 3 saturated carbocycles. The number of aliphatic carboxylic acids is 1. The third kappa shape index (κ3) is 5.56. The van der Waals surface area contributed by atoms with Gasteiger partial charge in [-0.05, 0) is 137 Å². The van der Waals surface area contributed by atoms with E-state index in [1.54, 1.807) is 0 Å². The van der Waals surface area contributed by atoms with Crippen LogP contribution in [0.2, 0.25) is 39.3 Å². The van der Waals surface area contributed by atoms with Crippen molar-refractivity contribution in [1.29, 1.82) is 0 Å². The molecule has 0 unspecified atom stereocenters. The molecule has 4 aliphatic carbocycles. The maximum Gasteiger partial charge on any atom is 0.303 e. The number of rotatable bonds is 8. The van der Waals surface area contributed by atoms with Crippen LogP contribution in [0, 0.1) is 46.3 Å². The van der Waals surface area contributed by atoms with Crippen LogP contribution in [0.25, 0.3) is 0 Å². The van der Waals surface area contributed by atoms with Crippen molar-refractivity contribution in [1.82, 2.24) is 0 Å². The first-order valence-electron chi connectivity index (χ1n) is 14.8. The predicted molar refractivity (Wildman–Crippen MR) is 153 cm³/mol. The molecule has 4 aliphatic rings. The predicted octanol–water partition coefficient (Wildman–Crippen LogP) is 8.32. The highest BCUT2D eigenvalue weighted by Crippen LogP contribution is 2.68. The Kier molecular flexibility index (Phi) is 7.78. The van der Waals surface area contributed by atoms with Crippen molar-refractivity contribution in [3.8, 4) is 0 Å². The summed E-state index contributed by atoms with van der Waals surface area (Å²) >= 11 is 0. The lowest BCUT2D eigenvalue weighted by atomic mass is 9.46. The molecule has 0 radical (unpaired) electrons. The van der Waals surface area contributed by atoms with Gasteiger partial charge in [0.15, 0.2) is 8.32 Å². The normalized spacial score (nSPS) is 41.5. The van der Waals surface area contributed by atoms with Crippen molar-refractivity contribution in [3.05, 3.63) is 11.8 Å². The minimum absolute atomic E-state index is 0.294. The van der Waals surface area contributed by atoms with Gasteiger partial charge in [-0.2, -0.15) is 0 Å². The molecule has 0 aromatic heterocycles. The fraction of sp³-hybridized carbons (Fsp3) is 0.900. The lowest BCUT2D eigenvalue weighted by molar-refractivity contribution is -0.137. The van der Waals surface area contributed by atoms with E-state index in [1.165, 1.54) is 44.3 Å².